The average molecular weight is 279 g/mol. The lowest BCUT2D eigenvalue weighted by Crippen LogP contribution is -2.42. The van der Waals surface area contributed by atoms with E-state index >= 15 is 0 Å². The van der Waals surface area contributed by atoms with Crippen molar-refractivity contribution in [3.8, 4) is 5.75 Å². The van der Waals surface area contributed by atoms with Gasteiger partial charge in [0.05, 0.1) is 0 Å². The molecule has 20 heavy (non-hydrogen) atoms. The first kappa shape index (κ1) is 16.0. The lowest BCUT2D eigenvalue weighted by Gasteiger charge is -2.14. The summed E-state index contributed by atoms with van der Waals surface area (Å²) in [6.07, 6.45) is 1.10. The molecule has 2 N–H and O–H groups in total. The number of carbonyl (C=O) groups excluding carboxylic acids is 1. The molecule has 1 amide bonds. The van der Waals surface area contributed by atoms with Crippen LogP contribution >= 0.6 is 0 Å². The minimum atomic E-state index is -1.02. The van der Waals surface area contributed by atoms with E-state index in [0.29, 0.717) is 18.6 Å². The maximum absolute atomic E-state index is 11.7. The van der Waals surface area contributed by atoms with Crippen LogP contribution in [0.15, 0.2) is 18.2 Å². The first-order chi connectivity index (χ1) is 9.43. The summed E-state index contributed by atoms with van der Waals surface area (Å²) in [6.45, 7) is 5.56. The third-order valence-corrected chi connectivity index (χ3v) is 2.90. The Hall–Kier alpha value is -2.04. The Bertz CT molecular complexity index is 485. The summed E-state index contributed by atoms with van der Waals surface area (Å²) in [4.78, 5) is 22.6. The van der Waals surface area contributed by atoms with Gasteiger partial charge in [0, 0.05) is 0 Å². The number of ether oxygens (including phenoxy) is 1. The van der Waals surface area contributed by atoms with Crippen LogP contribution in [0.3, 0.4) is 0 Å². The zero-order valence-corrected chi connectivity index (χ0v) is 12.1. The van der Waals surface area contributed by atoms with Crippen molar-refractivity contribution in [2.24, 2.45) is 0 Å². The molecule has 5 nitrogen and oxygen atoms in total. The normalized spacial score (nSPS) is 11.8. The summed E-state index contributed by atoms with van der Waals surface area (Å²) in [5.41, 5.74) is 2.06. The van der Waals surface area contributed by atoms with Crippen LogP contribution in [0.2, 0.25) is 0 Å². The highest BCUT2D eigenvalue weighted by molar-refractivity contribution is 5.84. The molecule has 0 heterocycles. The first-order valence-corrected chi connectivity index (χ1v) is 6.66. The summed E-state index contributed by atoms with van der Waals surface area (Å²) in [5.74, 6) is -0.814. The summed E-state index contributed by atoms with van der Waals surface area (Å²) in [6, 6.07) is 4.82. The van der Waals surface area contributed by atoms with Crippen LogP contribution in [-0.4, -0.2) is 29.6 Å². The third kappa shape index (κ3) is 4.91. The SMILES string of the molecule is CCCC(NC(=O)COc1ccc(C)cc1C)C(=O)O. The zero-order valence-electron chi connectivity index (χ0n) is 12.1. The van der Waals surface area contributed by atoms with Crippen LogP contribution in [0.5, 0.6) is 5.75 Å². The summed E-state index contributed by atoms with van der Waals surface area (Å²) < 4.78 is 5.41. The molecule has 1 aromatic carbocycles. The van der Waals surface area contributed by atoms with Crippen LogP contribution in [0.4, 0.5) is 0 Å². The largest absolute Gasteiger partial charge is 0.484 e. The van der Waals surface area contributed by atoms with Crippen molar-refractivity contribution in [2.45, 2.75) is 39.7 Å². The molecule has 0 aliphatic heterocycles. The molecule has 0 spiro atoms. The van der Waals surface area contributed by atoms with Crippen LogP contribution in [0.1, 0.15) is 30.9 Å². The van der Waals surface area contributed by atoms with Crippen molar-refractivity contribution in [3.63, 3.8) is 0 Å². The van der Waals surface area contributed by atoms with Gasteiger partial charge in [-0.05, 0) is 31.9 Å². The van der Waals surface area contributed by atoms with E-state index in [-0.39, 0.29) is 6.61 Å². The standard InChI is InChI=1S/C15H21NO4/c1-4-5-12(15(18)19)16-14(17)9-20-13-7-6-10(2)8-11(13)3/h6-8,12H,4-5,9H2,1-3H3,(H,16,17)(H,18,19). The highest BCUT2D eigenvalue weighted by Gasteiger charge is 2.18. The Labute approximate surface area is 118 Å². The molecule has 1 unspecified atom stereocenters. The molecule has 1 rings (SSSR count). The number of benzene rings is 1. The molecule has 0 saturated heterocycles. The van der Waals surface area contributed by atoms with Gasteiger partial charge in [-0.1, -0.05) is 31.0 Å². The number of aliphatic carboxylic acids is 1. The van der Waals surface area contributed by atoms with Gasteiger partial charge in [0.1, 0.15) is 11.8 Å². The molecule has 0 aromatic heterocycles. The second kappa shape index (κ2) is 7.53. The van der Waals surface area contributed by atoms with E-state index in [1.807, 2.05) is 32.9 Å². The Balaban J connectivity index is 2.52. The fraction of sp³-hybridized carbons (Fsp3) is 0.467. The Morgan fingerprint density at radius 3 is 2.60 bits per heavy atom. The van der Waals surface area contributed by atoms with Crippen LogP contribution in [0, 0.1) is 13.8 Å². The van der Waals surface area contributed by atoms with Crippen molar-refractivity contribution in [1.82, 2.24) is 5.32 Å². The zero-order chi connectivity index (χ0) is 15.1. The van der Waals surface area contributed by atoms with E-state index in [1.54, 1.807) is 6.07 Å². The smallest absolute Gasteiger partial charge is 0.326 e. The minimum absolute atomic E-state index is 0.183. The molecule has 0 bridgehead atoms. The first-order valence-electron chi connectivity index (χ1n) is 6.66. The van der Waals surface area contributed by atoms with Crippen molar-refractivity contribution in [3.05, 3.63) is 29.3 Å². The minimum Gasteiger partial charge on any atom is -0.484 e. The molecule has 0 radical (unpaired) electrons. The molecule has 0 fully saturated rings. The van der Waals surface area contributed by atoms with Crippen LogP contribution < -0.4 is 10.1 Å². The molecular formula is C15H21NO4. The van der Waals surface area contributed by atoms with E-state index in [1.165, 1.54) is 0 Å². The number of amides is 1. The van der Waals surface area contributed by atoms with Crippen molar-refractivity contribution >= 4 is 11.9 Å². The number of carboxylic acid groups (broad SMARTS) is 1. The van der Waals surface area contributed by atoms with E-state index in [0.717, 1.165) is 11.1 Å². The van der Waals surface area contributed by atoms with Gasteiger partial charge >= 0.3 is 5.97 Å². The number of hydrogen-bond acceptors (Lipinski definition) is 3. The quantitative estimate of drug-likeness (QED) is 0.801. The number of nitrogens with one attached hydrogen (secondary N) is 1. The van der Waals surface area contributed by atoms with E-state index < -0.39 is 17.9 Å². The highest BCUT2D eigenvalue weighted by atomic mass is 16.5. The van der Waals surface area contributed by atoms with Crippen molar-refractivity contribution in [1.29, 1.82) is 0 Å². The summed E-state index contributed by atoms with van der Waals surface area (Å²) in [7, 11) is 0. The van der Waals surface area contributed by atoms with Gasteiger partial charge in [0.25, 0.3) is 5.91 Å². The van der Waals surface area contributed by atoms with Crippen molar-refractivity contribution < 1.29 is 19.4 Å². The predicted octanol–water partition coefficient (Wildman–Crippen LogP) is 2.05. The maximum Gasteiger partial charge on any atom is 0.326 e. The fourth-order valence-corrected chi connectivity index (χ4v) is 1.89. The Morgan fingerprint density at radius 1 is 1.35 bits per heavy atom. The highest BCUT2D eigenvalue weighted by Crippen LogP contribution is 2.18. The molecule has 5 heteroatoms. The molecule has 0 aliphatic rings. The fourth-order valence-electron chi connectivity index (χ4n) is 1.89. The monoisotopic (exact) mass is 279 g/mol. The molecule has 110 valence electrons. The summed E-state index contributed by atoms with van der Waals surface area (Å²) >= 11 is 0. The van der Waals surface area contributed by atoms with E-state index in [9.17, 15) is 9.59 Å². The number of aryl methyl sites for hydroxylation is 2. The van der Waals surface area contributed by atoms with Gasteiger partial charge in [-0.25, -0.2) is 4.79 Å². The molecule has 0 aliphatic carbocycles. The number of hydrogen-bond donors (Lipinski definition) is 2. The molecule has 1 aromatic rings. The lowest BCUT2D eigenvalue weighted by atomic mass is 10.1. The lowest BCUT2D eigenvalue weighted by molar-refractivity contribution is -0.142. The Morgan fingerprint density at radius 2 is 2.05 bits per heavy atom. The molecule has 0 saturated carbocycles. The maximum atomic E-state index is 11.7. The van der Waals surface area contributed by atoms with Gasteiger partial charge in [0.15, 0.2) is 6.61 Å². The van der Waals surface area contributed by atoms with Gasteiger partial charge in [0.2, 0.25) is 0 Å². The number of carboxylic acids is 1. The topological polar surface area (TPSA) is 75.6 Å². The molecule has 1 atom stereocenters. The second-order valence-corrected chi connectivity index (χ2v) is 4.80. The molecular weight excluding hydrogens is 258 g/mol. The van der Waals surface area contributed by atoms with Gasteiger partial charge in [-0.15, -0.1) is 0 Å². The number of carbonyl (C=O) groups is 2. The van der Waals surface area contributed by atoms with Gasteiger partial charge in [-0.2, -0.15) is 0 Å². The predicted molar refractivity (Wildman–Crippen MR) is 75.9 cm³/mol. The average Bonchev–Trinajstić information content (AvgIpc) is 2.37. The third-order valence-electron chi connectivity index (χ3n) is 2.90. The summed E-state index contributed by atoms with van der Waals surface area (Å²) in [5, 5.41) is 11.4. The Kier molecular flexibility index (Phi) is 6.03. The van der Waals surface area contributed by atoms with Crippen molar-refractivity contribution in [2.75, 3.05) is 6.61 Å². The second-order valence-electron chi connectivity index (χ2n) is 4.80. The van der Waals surface area contributed by atoms with Crippen LogP contribution in [0.25, 0.3) is 0 Å². The van der Waals surface area contributed by atoms with Crippen LogP contribution in [-0.2, 0) is 9.59 Å². The van der Waals surface area contributed by atoms with Gasteiger partial charge < -0.3 is 15.2 Å². The number of rotatable bonds is 7. The van der Waals surface area contributed by atoms with E-state index in [4.69, 9.17) is 9.84 Å². The van der Waals surface area contributed by atoms with Gasteiger partial charge in [-0.3, -0.25) is 4.79 Å². The van der Waals surface area contributed by atoms with E-state index in [2.05, 4.69) is 5.32 Å².